The zero-order valence-corrected chi connectivity index (χ0v) is 19.0. The molecule has 0 bridgehead atoms. The highest BCUT2D eigenvalue weighted by Crippen LogP contribution is 2.39. The predicted octanol–water partition coefficient (Wildman–Crippen LogP) is 4.73. The van der Waals surface area contributed by atoms with Gasteiger partial charge in [-0.2, -0.15) is 0 Å². The van der Waals surface area contributed by atoms with Crippen molar-refractivity contribution in [1.82, 2.24) is 15.3 Å². The number of nitrogens with zero attached hydrogens (tertiary/aromatic N) is 2. The van der Waals surface area contributed by atoms with Gasteiger partial charge in [0.2, 0.25) is 5.91 Å². The number of anilines is 1. The van der Waals surface area contributed by atoms with Gasteiger partial charge in [0.05, 0.1) is 15.4 Å². The summed E-state index contributed by atoms with van der Waals surface area (Å²) in [5.41, 5.74) is 1.21. The van der Waals surface area contributed by atoms with Gasteiger partial charge in [0.25, 0.3) is 5.56 Å². The molecule has 0 unspecified atom stereocenters. The molecule has 0 spiro atoms. The van der Waals surface area contributed by atoms with Crippen molar-refractivity contribution in [2.24, 2.45) is 0 Å². The van der Waals surface area contributed by atoms with E-state index in [9.17, 15) is 14.0 Å². The molecule has 0 aliphatic carbocycles. The molecule has 33 heavy (non-hydrogen) atoms. The molecule has 3 heterocycles. The van der Waals surface area contributed by atoms with E-state index in [0.717, 1.165) is 12.0 Å². The third-order valence-electron chi connectivity index (χ3n) is 5.74. The van der Waals surface area contributed by atoms with Gasteiger partial charge in [-0.25, -0.2) is 9.37 Å². The number of benzene rings is 2. The minimum Gasteiger partial charge on any atom is -0.350 e. The van der Waals surface area contributed by atoms with Gasteiger partial charge in [-0.1, -0.05) is 65.4 Å². The number of amides is 1. The molecule has 1 aliphatic rings. The van der Waals surface area contributed by atoms with E-state index in [-0.39, 0.29) is 33.7 Å². The van der Waals surface area contributed by atoms with Crippen LogP contribution < -0.4 is 15.8 Å². The number of H-pyrrole nitrogens is 1. The highest BCUT2D eigenvalue weighted by atomic mass is 35.5. The Kier molecular flexibility index (Phi) is 5.86. The average molecular weight is 483 g/mol. The van der Waals surface area contributed by atoms with Crippen LogP contribution in [0.4, 0.5) is 9.52 Å². The number of carbonyl (C=O) groups is 1. The minimum atomic E-state index is -0.478. The SMILES string of the molecule is O=C(NCc1ccccc1)[C@H]1CCCN1c1nc2c(=O)[nH]c(-c3ccccc3F)c(Cl)c2s1. The van der Waals surface area contributed by atoms with Crippen molar-refractivity contribution in [2.75, 3.05) is 11.4 Å². The molecule has 5 rings (SSSR count). The van der Waals surface area contributed by atoms with Gasteiger partial charge in [-0.15, -0.1) is 0 Å². The number of aromatic amines is 1. The monoisotopic (exact) mass is 482 g/mol. The van der Waals surface area contributed by atoms with Crippen LogP contribution in [0.2, 0.25) is 5.02 Å². The summed E-state index contributed by atoms with van der Waals surface area (Å²) >= 11 is 7.84. The number of hydrogen-bond donors (Lipinski definition) is 2. The Morgan fingerprint density at radius 3 is 2.76 bits per heavy atom. The number of hydrogen-bond acceptors (Lipinski definition) is 5. The van der Waals surface area contributed by atoms with Crippen LogP contribution in [0.25, 0.3) is 21.5 Å². The second-order valence-corrected chi connectivity index (χ2v) is 9.21. The molecule has 1 aliphatic heterocycles. The summed E-state index contributed by atoms with van der Waals surface area (Å²) in [5, 5.41) is 3.79. The molecule has 9 heteroatoms. The number of pyridine rings is 1. The van der Waals surface area contributed by atoms with E-state index < -0.39 is 11.4 Å². The second kappa shape index (κ2) is 8.96. The maximum atomic E-state index is 14.3. The van der Waals surface area contributed by atoms with Gasteiger partial charge in [0.15, 0.2) is 10.6 Å². The Morgan fingerprint density at radius 1 is 1.21 bits per heavy atom. The van der Waals surface area contributed by atoms with E-state index >= 15 is 0 Å². The first kappa shape index (κ1) is 21.6. The highest BCUT2D eigenvalue weighted by molar-refractivity contribution is 7.22. The first-order valence-electron chi connectivity index (χ1n) is 10.6. The zero-order valence-electron chi connectivity index (χ0n) is 17.5. The molecule has 2 N–H and O–H groups in total. The molecular weight excluding hydrogens is 463 g/mol. The predicted molar refractivity (Wildman–Crippen MR) is 129 cm³/mol. The highest BCUT2D eigenvalue weighted by Gasteiger charge is 2.33. The van der Waals surface area contributed by atoms with Gasteiger partial charge in [-0.3, -0.25) is 9.59 Å². The van der Waals surface area contributed by atoms with Gasteiger partial charge in [0.1, 0.15) is 11.9 Å². The lowest BCUT2D eigenvalue weighted by atomic mass is 10.1. The minimum absolute atomic E-state index is 0.0809. The largest absolute Gasteiger partial charge is 0.350 e. The maximum Gasteiger partial charge on any atom is 0.275 e. The van der Waals surface area contributed by atoms with Crippen LogP contribution in [-0.2, 0) is 11.3 Å². The van der Waals surface area contributed by atoms with Crippen molar-refractivity contribution in [3.05, 3.63) is 81.4 Å². The normalized spacial score (nSPS) is 15.8. The Labute approximate surface area is 198 Å². The second-order valence-electron chi connectivity index (χ2n) is 7.85. The van der Waals surface area contributed by atoms with Crippen LogP contribution in [0, 0.1) is 5.82 Å². The van der Waals surface area contributed by atoms with E-state index in [1.165, 1.54) is 17.4 Å². The molecule has 168 valence electrons. The number of nitrogens with one attached hydrogen (secondary N) is 2. The fourth-order valence-electron chi connectivity index (χ4n) is 4.10. The molecule has 1 fully saturated rings. The number of thiazole rings is 1. The van der Waals surface area contributed by atoms with Crippen LogP contribution in [0.3, 0.4) is 0 Å². The van der Waals surface area contributed by atoms with Gasteiger partial charge in [-0.05, 0) is 30.5 Å². The topological polar surface area (TPSA) is 78.1 Å². The zero-order chi connectivity index (χ0) is 22.9. The summed E-state index contributed by atoms with van der Waals surface area (Å²) in [6.07, 6.45) is 1.53. The summed E-state index contributed by atoms with van der Waals surface area (Å²) in [4.78, 5) is 34.8. The van der Waals surface area contributed by atoms with Crippen LogP contribution in [0.15, 0.2) is 59.4 Å². The Morgan fingerprint density at radius 2 is 1.97 bits per heavy atom. The number of carbonyl (C=O) groups excluding carboxylic acids is 1. The van der Waals surface area contributed by atoms with Crippen molar-refractivity contribution in [2.45, 2.75) is 25.4 Å². The van der Waals surface area contributed by atoms with Gasteiger partial charge in [0, 0.05) is 18.7 Å². The first-order valence-corrected chi connectivity index (χ1v) is 11.8. The fourth-order valence-corrected chi connectivity index (χ4v) is 5.53. The summed E-state index contributed by atoms with van der Waals surface area (Å²) in [7, 11) is 0. The number of aromatic nitrogens is 2. The standard InChI is InChI=1S/C24H20ClFN4O2S/c25-18-19(15-9-4-5-10-16(15)26)28-23(32)20-21(18)33-24(29-20)30-12-6-11-17(30)22(31)27-13-14-7-2-1-3-8-14/h1-5,7-10,17H,6,11-13H2,(H,27,31)(H,28,32)/t17-/m1/s1. The summed E-state index contributed by atoms with van der Waals surface area (Å²) in [6, 6.07) is 15.5. The van der Waals surface area contributed by atoms with Crippen molar-refractivity contribution >= 4 is 44.2 Å². The third-order valence-corrected chi connectivity index (χ3v) is 7.34. The Bertz CT molecular complexity index is 1390. The van der Waals surface area contributed by atoms with Crippen LogP contribution in [0.5, 0.6) is 0 Å². The lowest BCUT2D eigenvalue weighted by Crippen LogP contribution is -2.43. The average Bonchev–Trinajstić information content (AvgIpc) is 3.49. The van der Waals surface area contributed by atoms with E-state index in [1.807, 2.05) is 35.2 Å². The molecule has 4 aromatic rings. The van der Waals surface area contributed by atoms with Crippen molar-refractivity contribution < 1.29 is 9.18 Å². The lowest BCUT2D eigenvalue weighted by Gasteiger charge is -2.23. The molecule has 2 aromatic heterocycles. The smallest absolute Gasteiger partial charge is 0.275 e. The van der Waals surface area contributed by atoms with Crippen LogP contribution >= 0.6 is 22.9 Å². The number of halogens is 2. The summed E-state index contributed by atoms with van der Waals surface area (Å²) in [5.74, 6) is -0.559. The number of fused-ring (bicyclic) bond motifs is 1. The van der Waals surface area contributed by atoms with Crippen molar-refractivity contribution in [1.29, 1.82) is 0 Å². The van der Waals surface area contributed by atoms with Gasteiger partial charge < -0.3 is 15.2 Å². The Hall–Kier alpha value is -3.23. The van der Waals surface area contributed by atoms with Gasteiger partial charge >= 0.3 is 0 Å². The van der Waals surface area contributed by atoms with Crippen molar-refractivity contribution in [3.8, 4) is 11.3 Å². The molecule has 1 atom stereocenters. The van der Waals surface area contributed by atoms with E-state index in [2.05, 4.69) is 15.3 Å². The fraction of sp³-hybridized carbons (Fsp3) is 0.208. The van der Waals surface area contributed by atoms with Crippen LogP contribution in [0.1, 0.15) is 18.4 Å². The third kappa shape index (κ3) is 4.12. The maximum absolute atomic E-state index is 14.3. The molecular formula is C24H20ClFN4O2S. The quantitative estimate of drug-likeness (QED) is 0.431. The Balaban J connectivity index is 1.45. The molecule has 1 amide bonds. The van der Waals surface area contributed by atoms with Crippen molar-refractivity contribution in [3.63, 3.8) is 0 Å². The molecule has 2 aromatic carbocycles. The molecule has 6 nitrogen and oxygen atoms in total. The first-order chi connectivity index (χ1) is 16.0. The summed E-state index contributed by atoms with van der Waals surface area (Å²) in [6.45, 7) is 1.10. The van der Waals surface area contributed by atoms with Crippen LogP contribution in [-0.4, -0.2) is 28.5 Å². The molecule has 0 saturated carbocycles. The van der Waals surface area contributed by atoms with E-state index in [4.69, 9.17) is 11.6 Å². The van der Waals surface area contributed by atoms with E-state index in [1.54, 1.807) is 18.2 Å². The number of rotatable bonds is 5. The summed E-state index contributed by atoms with van der Waals surface area (Å²) < 4.78 is 14.8. The molecule has 1 saturated heterocycles. The van der Waals surface area contributed by atoms with E-state index in [0.29, 0.717) is 29.3 Å². The lowest BCUT2D eigenvalue weighted by molar-refractivity contribution is -0.122. The molecule has 0 radical (unpaired) electrons.